The van der Waals surface area contributed by atoms with Gasteiger partial charge in [0.15, 0.2) is 0 Å². The number of hydrogen-bond acceptors (Lipinski definition) is 2. The average Bonchev–Trinajstić information content (AvgIpc) is 2.50. The Hall–Kier alpha value is -1.69. The van der Waals surface area contributed by atoms with Crippen LogP contribution >= 0.6 is 11.6 Å². The molecule has 0 spiro atoms. The van der Waals surface area contributed by atoms with Crippen LogP contribution < -0.4 is 4.74 Å². The predicted octanol–water partition coefficient (Wildman–Crippen LogP) is 3.84. The van der Waals surface area contributed by atoms with E-state index in [0.29, 0.717) is 12.5 Å². The summed E-state index contributed by atoms with van der Waals surface area (Å²) in [5, 5.41) is 2.21. The highest BCUT2D eigenvalue weighted by Crippen LogP contribution is 2.27. The molecule has 104 valence electrons. The molecule has 0 saturated carbocycles. The van der Waals surface area contributed by atoms with Crippen molar-refractivity contribution < 1.29 is 9.47 Å². The lowest BCUT2D eigenvalue weighted by atomic mass is 10.0. The molecule has 0 radical (unpaired) electrons. The first-order valence-corrected chi connectivity index (χ1v) is 7.02. The predicted molar refractivity (Wildman–Crippen MR) is 83.5 cm³/mol. The fourth-order valence-electron chi connectivity index (χ4n) is 1.90. The summed E-state index contributed by atoms with van der Waals surface area (Å²) in [6.45, 7) is 2.45. The maximum atomic E-state index is 5.82. The molecule has 0 heterocycles. The summed E-state index contributed by atoms with van der Waals surface area (Å²) >= 11 is 5.67. The lowest BCUT2D eigenvalue weighted by molar-refractivity contribution is 0.0716. The minimum absolute atomic E-state index is 0.0373. The quantitative estimate of drug-likeness (QED) is 0.628. The molecule has 2 nitrogen and oxygen atoms in total. The standard InChI is InChI=1S/C17H17ClO2/c1-13(19-2)12-20-17-10-9-14-6-3-4-7-15(14)16(17)8-5-11-18/h3-4,6-7,9-10,13H,11-12H2,1-2H3. The van der Waals surface area contributed by atoms with Crippen molar-refractivity contribution in [2.24, 2.45) is 0 Å². The number of fused-ring (bicyclic) bond motifs is 1. The molecular weight excluding hydrogens is 272 g/mol. The first-order valence-electron chi connectivity index (χ1n) is 6.48. The summed E-state index contributed by atoms with van der Waals surface area (Å²) in [4.78, 5) is 0. The minimum atomic E-state index is 0.0373. The largest absolute Gasteiger partial charge is 0.490 e. The number of alkyl halides is 1. The first-order chi connectivity index (χ1) is 9.76. The second-order valence-corrected chi connectivity index (χ2v) is 4.72. The first kappa shape index (κ1) is 14.7. The van der Waals surface area contributed by atoms with Crippen molar-refractivity contribution in [2.75, 3.05) is 19.6 Å². The van der Waals surface area contributed by atoms with E-state index in [1.165, 1.54) is 0 Å². The van der Waals surface area contributed by atoms with Crippen LogP contribution in [0.2, 0.25) is 0 Å². The van der Waals surface area contributed by atoms with Crippen LogP contribution in [0.1, 0.15) is 12.5 Å². The van der Waals surface area contributed by atoms with Crippen LogP contribution in [0.3, 0.4) is 0 Å². The number of methoxy groups -OCH3 is 1. The van der Waals surface area contributed by atoms with Gasteiger partial charge in [-0.2, -0.15) is 0 Å². The fraction of sp³-hybridized carbons (Fsp3) is 0.294. The third-order valence-electron chi connectivity index (χ3n) is 3.05. The van der Waals surface area contributed by atoms with Gasteiger partial charge in [0, 0.05) is 12.5 Å². The van der Waals surface area contributed by atoms with Gasteiger partial charge in [0.05, 0.1) is 17.5 Å². The lowest BCUT2D eigenvalue weighted by Crippen LogP contribution is -2.16. The topological polar surface area (TPSA) is 18.5 Å². The van der Waals surface area contributed by atoms with E-state index in [0.717, 1.165) is 22.1 Å². The van der Waals surface area contributed by atoms with E-state index in [-0.39, 0.29) is 6.10 Å². The Balaban J connectivity index is 2.42. The molecule has 0 bridgehead atoms. The van der Waals surface area contributed by atoms with Gasteiger partial charge in [-0.1, -0.05) is 42.2 Å². The third-order valence-corrected chi connectivity index (χ3v) is 3.18. The Labute approximate surface area is 124 Å². The number of halogens is 1. The highest BCUT2D eigenvalue weighted by atomic mass is 35.5. The average molecular weight is 289 g/mol. The van der Waals surface area contributed by atoms with Crippen LogP contribution in [0.4, 0.5) is 0 Å². The monoisotopic (exact) mass is 288 g/mol. The molecule has 1 unspecified atom stereocenters. The third kappa shape index (κ3) is 3.45. The molecule has 1 atom stereocenters. The van der Waals surface area contributed by atoms with Crippen molar-refractivity contribution in [1.29, 1.82) is 0 Å². The molecule has 20 heavy (non-hydrogen) atoms. The summed E-state index contributed by atoms with van der Waals surface area (Å²) in [6, 6.07) is 12.1. The molecule has 0 aliphatic carbocycles. The molecule has 2 aromatic carbocycles. The van der Waals surface area contributed by atoms with E-state index in [9.17, 15) is 0 Å². The normalized spacial score (nSPS) is 11.8. The second-order valence-electron chi connectivity index (χ2n) is 4.45. The van der Waals surface area contributed by atoms with Crippen LogP contribution in [-0.2, 0) is 4.74 Å². The highest BCUT2D eigenvalue weighted by molar-refractivity contribution is 6.19. The molecule has 0 aliphatic rings. The van der Waals surface area contributed by atoms with Crippen molar-refractivity contribution in [3.63, 3.8) is 0 Å². The molecular formula is C17H17ClO2. The number of hydrogen-bond donors (Lipinski definition) is 0. The summed E-state index contributed by atoms with van der Waals surface area (Å²) < 4.78 is 11.0. The van der Waals surface area contributed by atoms with Gasteiger partial charge in [0.25, 0.3) is 0 Å². The van der Waals surface area contributed by atoms with E-state index in [1.807, 2.05) is 37.3 Å². The van der Waals surface area contributed by atoms with E-state index < -0.39 is 0 Å². The number of benzene rings is 2. The molecule has 2 rings (SSSR count). The van der Waals surface area contributed by atoms with Crippen LogP contribution in [0.25, 0.3) is 10.8 Å². The molecule has 0 N–H and O–H groups in total. The minimum Gasteiger partial charge on any atom is -0.490 e. The van der Waals surface area contributed by atoms with Gasteiger partial charge in [0.2, 0.25) is 0 Å². The van der Waals surface area contributed by atoms with Gasteiger partial charge < -0.3 is 9.47 Å². The molecule has 3 heteroatoms. The van der Waals surface area contributed by atoms with Gasteiger partial charge in [-0.05, 0) is 18.4 Å². The zero-order valence-electron chi connectivity index (χ0n) is 11.7. The van der Waals surface area contributed by atoms with Crippen molar-refractivity contribution in [2.45, 2.75) is 13.0 Å². The van der Waals surface area contributed by atoms with E-state index in [4.69, 9.17) is 21.1 Å². The van der Waals surface area contributed by atoms with E-state index in [1.54, 1.807) is 7.11 Å². The molecule has 0 saturated heterocycles. The van der Waals surface area contributed by atoms with Gasteiger partial charge in [-0.25, -0.2) is 0 Å². The number of ether oxygens (including phenoxy) is 2. The van der Waals surface area contributed by atoms with Gasteiger partial charge in [-0.3, -0.25) is 0 Å². The van der Waals surface area contributed by atoms with Gasteiger partial charge in [-0.15, -0.1) is 11.6 Å². The van der Waals surface area contributed by atoms with Crippen LogP contribution in [0.15, 0.2) is 36.4 Å². The summed E-state index contributed by atoms with van der Waals surface area (Å²) in [5.74, 6) is 7.07. The Morgan fingerprint density at radius 1 is 1.20 bits per heavy atom. The molecule has 0 fully saturated rings. The molecule has 0 amide bonds. The summed E-state index contributed by atoms with van der Waals surface area (Å²) in [5.41, 5.74) is 0.882. The Kier molecular flexibility index (Phi) is 5.29. The van der Waals surface area contributed by atoms with Crippen molar-refractivity contribution in [3.05, 3.63) is 42.0 Å². The van der Waals surface area contributed by atoms with Crippen molar-refractivity contribution in [1.82, 2.24) is 0 Å². The SMILES string of the molecule is COC(C)COc1ccc2ccccc2c1C#CCCl. The van der Waals surface area contributed by atoms with Crippen LogP contribution in [0, 0.1) is 11.8 Å². The smallest absolute Gasteiger partial charge is 0.135 e. The van der Waals surface area contributed by atoms with Gasteiger partial charge >= 0.3 is 0 Å². The maximum absolute atomic E-state index is 5.82. The summed E-state index contributed by atoms with van der Waals surface area (Å²) in [6.07, 6.45) is 0.0373. The molecule has 2 aromatic rings. The Morgan fingerprint density at radius 2 is 2.00 bits per heavy atom. The van der Waals surface area contributed by atoms with E-state index >= 15 is 0 Å². The zero-order chi connectivity index (χ0) is 14.4. The zero-order valence-corrected chi connectivity index (χ0v) is 12.4. The fourth-order valence-corrected chi connectivity index (χ4v) is 1.96. The van der Waals surface area contributed by atoms with Crippen LogP contribution in [-0.4, -0.2) is 25.7 Å². The van der Waals surface area contributed by atoms with Crippen molar-refractivity contribution in [3.8, 4) is 17.6 Å². The maximum Gasteiger partial charge on any atom is 0.135 e. The lowest BCUT2D eigenvalue weighted by Gasteiger charge is -2.14. The summed E-state index contributed by atoms with van der Waals surface area (Å²) in [7, 11) is 1.67. The van der Waals surface area contributed by atoms with Crippen molar-refractivity contribution >= 4 is 22.4 Å². The molecule has 0 aliphatic heterocycles. The van der Waals surface area contributed by atoms with Crippen LogP contribution in [0.5, 0.6) is 5.75 Å². The number of rotatable bonds is 4. The van der Waals surface area contributed by atoms with Gasteiger partial charge in [0.1, 0.15) is 12.4 Å². The highest BCUT2D eigenvalue weighted by Gasteiger charge is 2.08. The second kappa shape index (κ2) is 7.19. The molecule has 0 aromatic heterocycles. The van der Waals surface area contributed by atoms with E-state index in [2.05, 4.69) is 17.9 Å². The Morgan fingerprint density at radius 3 is 2.75 bits per heavy atom. The Bertz CT molecular complexity index is 640.